The van der Waals surface area contributed by atoms with E-state index in [9.17, 15) is 0 Å². The average molecular weight is 285 g/mol. The summed E-state index contributed by atoms with van der Waals surface area (Å²) >= 11 is 0. The Labute approximate surface area is 130 Å². The molecule has 1 heteroatoms. The topological polar surface area (TPSA) is 12.0 Å². The van der Waals surface area contributed by atoms with Gasteiger partial charge in [0, 0.05) is 6.04 Å². The molecule has 0 atom stereocenters. The molecule has 2 aliphatic rings. The summed E-state index contributed by atoms with van der Waals surface area (Å²) in [5, 5.41) is 3.46. The van der Waals surface area contributed by atoms with Gasteiger partial charge in [0.1, 0.15) is 0 Å². The number of benzene rings is 1. The van der Waals surface area contributed by atoms with E-state index in [0.717, 1.165) is 23.8 Å². The van der Waals surface area contributed by atoms with E-state index in [-0.39, 0.29) is 0 Å². The summed E-state index contributed by atoms with van der Waals surface area (Å²) < 4.78 is 0. The van der Waals surface area contributed by atoms with Crippen LogP contribution in [0.4, 0.5) is 0 Å². The first-order chi connectivity index (χ1) is 10.3. The molecular weight excluding hydrogens is 254 g/mol. The number of hydrogen-bond acceptors (Lipinski definition) is 1. The van der Waals surface area contributed by atoms with Crippen molar-refractivity contribution >= 4 is 0 Å². The fraction of sp³-hybridized carbons (Fsp3) is 0.700. The van der Waals surface area contributed by atoms with Gasteiger partial charge in [0.05, 0.1) is 0 Å². The molecule has 1 nitrogen and oxygen atoms in total. The molecule has 21 heavy (non-hydrogen) atoms. The zero-order valence-corrected chi connectivity index (χ0v) is 13.8. The highest BCUT2D eigenvalue weighted by Gasteiger charge is 2.30. The number of hydrogen-bond donors (Lipinski definition) is 1. The molecule has 2 saturated carbocycles. The first-order valence-corrected chi connectivity index (χ1v) is 9.00. The molecule has 0 spiro atoms. The monoisotopic (exact) mass is 285 g/mol. The van der Waals surface area contributed by atoms with E-state index in [1.165, 1.54) is 56.9 Å². The van der Waals surface area contributed by atoms with Gasteiger partial charge in [-0.3, -0.25) is 0 Å². The molecular formula is C20H31N. The molecule has 3 rings (SSSR count). The Morgan fingerprint density at radius 1 is 0.762 bits per heavy atom. The largest absolute Gasteiger partial charge is 0.317 e. The van der Waals surface area contributed by atoms with Gasteiger partial charge >= 0.3 is 0 Å². The lowest BCUT2D eigenvalue weighted by Crippen LogP contribution is -2.33. The van der Waals surface area contributed by atoms with Crippen LogP contribution in [0, 0.1) is 18.8 Å². The van der Waals surface area contributed by atoms with Crippen molar-refractivity contribution in [2.24, 2.45) is 11.8 Å². The lowest BCUT2D eigenvalue weighted by molar-refractivity contribution is 0.171. The standard InChI is InChI=1S/C20H31N/c1-15-3-5-16(6-4-15)17-7-9-18(10-8-17)19-11-13-20(21-2)14-12-19/h3-6,17-21H,7-14H2,1-2H3. The Morgan fingerprint density at radius 2 is 1.29 bits per heavy atom. The minimum absolute atomic E-state index is 0.796. The predicted molar refractivity (Wildman–Crippen MR) is 90.7 cm³/mol. The highest BCUT2D eigenvalue weighted by atomic mass is 14.9. The van der Waals surface area contributed by atoms with E-state index in [2.05, 4.69) is 43.6 Å². The normalized spacial score (nSPS) is 33.8. The van der Waals surface area contributed by atoms with Crippen LogP contribution in [0.2, 0.25) is 0 Å². The molecule has 0 saturated heterocycles. The van der Waals surface area contributed by atoms with E-state index in [0.29, 0.717) is 0 Å². The fourth-order valence-electron chi connectivity index (χ4n) is 4.64. The van der Waals surface area contributed by atoms with Gasteiger partial charge in [-0.15, -0.1) is 0 Å². The van der Waals surface area contributed by atoms with Gasteiger partial charge in [-0.2, -0.15) is 0 Å². The second-order valence-corrected chi connectivity index (χ2v) is 7.42. The van der Waals surface area contributed by atoms with Crippen LogP contribution in [0.25, 0.3) is 0 Å². The second-order valence-electron chi connectivity index (χ2n) is 7.42. The average Bonchev–Trinajstić information content (AvgIpc) is 2.56. The third-order valence-electron chi connectivity index (χ3n) is 6.17. The molecule has 0 bridgehead atoms. The van der Waals surface area contributed by atoms with Crippen molar-refractivity contribution in [2.75, 3.05) is 7.05 Å². The van der Waals surface area contributed by atoms with E-state index in [4.69, 9.17) is 0 Å². The smallest absolute Gasteiger partial charge is 0.00642 e. The van der Waals surface area contributed by atoms with Gasteiger partial charge in [0.2, 0.25) is 0 Å². The summed E-state index contributed by atoms with van der Waals surface area (Å²) in [7, 11) is 2.12. The number of nitrogens with one attached hydrogen (secondary N) is 1. The molecule has 1 aromatic rings. The highest BCUT2D eigenvalue weighted by molar-refractivity contribution is 5.24. The van der Waals surface area contributed by atoms with Crippen molar-refractivity contribution in [3.63, 3.8) is 0 Å². The van der Waals surface area contributed by atoms with Crippen LogP contribution in [-0.4, -0.2) is 13.1 Å². The summed E-state index contributed by atoms with van der Waals surface area (Å²) in [6.07, 6.45) is 11.5. The quantitative estimate of drug-likeness (QED) is 0.819. The molecule has 0 aromatic heterocycles. The molecule has 0 heterocycles. The number of rotatable bonds is 3. The van der Waals surface area contributed by atoms with Gasteiger partial charge in [0.15, 0.2) is 0 Å². The van der Waals surface area contributed by atoms with Gasteiger partial charge in [-0.05, 0) is 88.7 Å². The van der Waals surface area contributed by atoms with Crippen molar-refractivity contribution in [3.05, 3.63) is 35.4 Å². The molecule has 0 radical (unpaired) electrons. The maximum atomic E-state index is 3.46. The van der Waals surface area contributed by atoms with Crippen molar-refractivity contribution in [1.29, 1.82) is 0 Å². The van der Waals surface area contributed by atoms with Crippen LogP contribution in [0.5, 0.6) is 0 Å². The molecule has 1 N–H and O–H groups in total. The van der Waals surface area contributed by atoms with Crippen molar-refractivity contribution in [1.82, 2.24) is 5.32 Å². The lowest BCUT2D eigenvalue weighted by atomic mass is 9.69. The third-order valence-corrected chi connectivity index (χ3v) is 6.17. The van der Waals surface area contributed by atoms with Crippen LogP contribution in [0.15, 0.2) is 24.3 Å². The summed E-state index contributed by atoms with van der Waals surface area (Å²) in [5.41, 5.74) is 2.96. The Balaban J connectivity index is 1.50. The molecule has 2 aliphatic carbocycles. The van der Waals surface area contributed by atoms with Crippen LogP contribution in [0.1, 0.15) is 68.4 Å². The molecule has 0 amide bonds. The second kappa shape index (κ2) is 6.96. The lowest BCUT2D eigenvalue weighted by Gasteiger charge is -2.38. The summed E-state index contributed by atoms with van der Waals surface area (Å²) in [4.78, 5) is 0. The molecule has 2 fully saturated rings. The fourth-order valence-corrected chi connectivity index (χ4v) is 4.64. The van der Waals surface area contributed by atoms with E-state index in [1.54, 1.807) is 5.56 Å². The molecule has 0 unspecified atom stereocenters. The third kappa shape index (κ3) is 3.69. The van der Waals surface area contributed by atoms with E-state index < -0.39 is 0 Å². The van der Waals surface area contributed by atoms with Crippen LogP contribution in [0.3, 0.4) is 0 Å². The SMILES string of the molecule is CNC1CCC(C2CCC(c3ccc(C)cc3)CC2)CC1. The summed E-state index contributed by atoms with van der Waals surface area (Å²) in [6, 6.07) is 10.1. The minimum atomic E-state index is 0.796. The zero-order chi connectivity index (χ0) is 14.7. The van der Waals surface area contributed by atoms with E-state index in [1.807, 2.05) is 0 Å². The van der Waals surface area contributed by atoms with Gasteiger partial charge in [-0.1, -0.05) is 29.8 Å². The maximum Gasteiger partial charge on any atom is 0.00642 e. The van der Waals surface area contributed by atoms with E-state index >= 15 is 0 Å². The van der Waals surface area contributed by atoms with Gasteiger partial charge in [-0.25, -0.2) is 0 Å². The maximum absolute atomic E-state index is 3.46. The molecule has 1 aromatic carbocycles. The summed E-state index contributed by atoms with van der Waals surface area (Å²) in [6.45, 7) is 2.18. The Bertz CT molecular complexity index is 420. The first-order valence-electron chi connectivity index (χ1n) is 9.00. The highest BCUT2D eigenvalue weighted by Crippen LogP contribution is 2.42. The Kier molecular flexibility index (Phi) is 5.00. The van der Waals surface area contributed by atoms with Crippen LogP contribution < -0.4 is 5.32 Å². The Hall–Kier alpha value is -0.820. The zero-order valence-electron chi connectivity index (χ0n) is 13.8. The van der Waals surface area contributed by atoms with Crippen molar-refractivity contribution in [2.45, 2.75) is 70.3 Å². The van der Waals surface area contributed by atoms with Crippen molar-refractivity contribution in [3.8, 4) is 0 Å². The molecule has 0 aliphatic heterocycles. The number of aryl methyl sites for hydroxylation is 1. The predicted octanol–water partition coefficient (Wildman–Crippen LogP) is 5.05. The Morgan fingerprint density at radius 3 is 1.81 bits per heavy atom. The van der Waals surface area contributed by atoms with Crippen molar-refractivity contribution < 1.29 is 0 Å². The van der Waals surface area contributed by atoms with Gasteiger partial charge in [0.25, 0.3) is 0 Å². The molecule has 116 valence electrons. The van der Waals surface area contributed by atoms with Crippen LogP contribution in [-0.2, 0) is 0 Å². The first kappa shape index (κ1) is 15.1. The minimum Gasteiger partial charge on any atom is -0.317 e. The van der Waals surface area contributed by atoms with Gasteiger partial charge < -0.3 is 5.32 Å². The van der Waals surface area contributed by atoms with Crippen LogP contribution >= 0.6 is 0 Å². The summed E-state index contributed by atoms with van der Waals surface area (Å²) in [5.74, 6) is 2.87.